The van der Waals surface area contributed by atoms with Gasteiger partial charge in [-0.05, 0) is 66.6 Å². The second-order valence-electron chi connectivity index (χ2n) is 5.85. The Hall–Kier alpha value is 0. The molecule has 0 heterocycles. The van der Waals surface area contributed by atoms with Crippen molar-refractivity contribution in [3.05, 3.63) is 0 Å². The highest BCUT2D eigenvalue weighted by atomic mass is 14.9. The summed E-state index contributed by atoms with van der Waals surface area (Å²) in [5.74, 6) is 7.59. The molecule has 5 aliphatic rings. The van der Waals surface area contributed by atoms with Crippen LogP contribution in [0.25, 0.3) is 0 Å². The van der Waals surface area contributed by atoms with Crippen molar-refractivity contribution in [1.29, 1.82) is 0 Å². The summed E-state index contributed by atoms with van der Waals surface area (Å²) in [6.07, 6.45) is 6.64. The zero-order valence-corrected chi connectivity index (χ0v) is 6.79. The quantitative estimate of drug-likeness (QED) is 0.492. The van der Waals surface area contributed by atoms with Crippen molar-refractivity contribution in [3.63, 3.8) is 0 Å². The molecule has 4 bridgehead atoms. The van der Waals surface area contributed by atoms with Crippen LogP contribution in [-0.4, -0.2) is 0 Å². The molecule has 5 rings (SSSR count). The number of rotatable bonds is 0. The zero-order valence-electron chi connectivity index (χ0n) is 6.79. The molecule has 5 fully saturated rings. The van der Waals surface area contributed by atoms with Crippen LogP contribution in [0, 0.1) is 40.9 Å². The molecule has 0 amide bonds. The van der Waals surface area contributed by atoms with Crippen molar-refractivity contribution in [1.82, 2.24) is 0 Å². The summed E-state index contributed by atoms with van der Waals surface area (Å²) in [5, 5.41) is 0. The van der Waals surface area contributed by atoms with E-state index in [2.05, 4.69) is 0 Å². The van der Waals surface area contributed by atoms with Crippen molar-refractivity contribution in [2.24, 2.45) is 40.9 Å². The molecule has 0 aromatic heterocycles. The lowest BCUT2D eigenvalue weighted by molar-refractivity contribution is -0.245. The van der Waals surface area contributed by atoms with E-state index in [1.54, 1.807) is 25.7 Å². The van der Waals surface area contributed by atoms with Crippen LogP contribution in [0.3, 0.4) is 0 Å². The maximum absolute atomic E-state index is 1.67. The molecule has 5 aliphatic carbocycles. The normalized spacial score (nSPS) is 85.1. The van der Waals surface area contributed by atoms with E-state index in [1.807, 2.05) is 0 Å². The third kappa shape index (κ3) is 0.237. The minimum Gasteiger partial charge on any atom is -0.0493 e. The lowest BCUT2D eigenvalue weighted by Gasteiger charge is -2.72. The van der Waals surface area contributed by atoms with Gasteiger partial charge in [0.15, 0.2) is 0 Å². The first-order valence-corrected chi connectivity index (χ1v) is 5.43. The lowest BCUT2D eigenvalue weighted by atomic mass is 9.32. The fourth-order valence-electron chi connectivity index (χ4n) is 6.59. The van der Waals surface area contributed by atoms with Crippen molar-refractivity contribution in [2.45, 2.75) is 25.7 Å². The molecule has 7 atom stereocenters. The van der Waals surface area contributed by atoms with Crippen molar-refractivity contribution in [3.8, 4) is 0 Å². The summed E-state index contributed by atoms with van der Waals surface area (Å²) in [5.41, 5.74) is 1.03. The Bertz CT molecular complexity index is 265. The molecular weight excluding hydrogens is 132 g/mol. The third-order valence-corrected chi connectivity index (χ3v) is 6.47. The van der Waals surface area contributed by atoms with Crippen LogP contribution in [0.4, 0.5) is 0 Å². The van der Waals surface area contributed by atoms with Crippen LogP contribution in [0.1, 0.15) is 25.7 Å². The zero-order chi connectivity index (χ0) is 6.79. The molecule has 11 heavy (non-hydrogen) atoms. The van der Waals surface area contributed by atoms with Gasteiger partial charge in [0, 0.05) is 0 Å². The SMILES string of the molecule is C1CC23C4CC2C2CC4C1C23. The summed E-state index contributed by atoms with van der Waals surface area (Å²) in [6, 6.07) is 0. The van der Waals surface area contributed by atoms with Gasteiger partial charge in [-0.15, -0.1) is 0 Å². The van der Waals surface area contributed by atoms with Gasteiger partial charge in [0.05, 0.1) is 0 Å². The molecule has 0 aromatic rings. The van der Waals surface area contributed by atoms with Gasteiger partial charge in [-0.2, -0.15) is 0 Å². The van der Waals surface area contributed by atoms with Gasteiger partial charge in [-0.25, -0.2) is 0 Å². The van der Waals surface area contributed by atoms with E-state index in [1.165, 1.54) is 35.5 Å². The number of fused-ring (bicyclic) bond motifs is 2. The first-order valence-electron chi connectivity index (χ1n) is 5.43. The Labute approximate surface area is 67.4 Å². The Balaban J connectivity index is 1.89. The smallest absolute Gasteiger partial charge is 0.0201 e. The monoisotopic (exact) mass is 146 g/mol. The highest BCUT2D eigenvalue weighted by Gasteiger charge is 2.85. The van der Waals surface area contributed by atoms with Crippen LogP contribution in [0.2, 0.25) is 0 Å². The molecule has 0 heteroatoms. The molecular formula is C11H14. The fraction of sp³-hybridized carbons (Fsp3) is 1.00. The summed E-state index contributed by atoms with van der Waals surface area (Å²) in [6.45, 7) is 0. The van der Waals surface area contributed by atoms with E-state index in [-0.39, 0.29) is 0 Å². The largest absolute Gasteiger partial charge is 0.0493 e. The van der Waals surface area contributed by atoms with E-state index in [9.17, 15) is 0 Å². The average molecular weight is 146 g/mol. The van der Waals surface area contributed by atoms with Crippen molar-refractivity contribution >= 4 is 0 Å². The highest BCUT2D eigenvalue weighted by molar-refractivity contribution is 5.33. The lowest BCUT2D eigenvalue weighted by Crippen LogP contribution is -2.67. The molecule has 0 radical (unpaired) electrons. The van der Waals surface area contributed by atoms with Crippen LogP contribution in [0.15, 0.2) is 0 Å². The molecule has 0 aliphatic heterocycles. The molecule has 0 nitrogen and oxygen atoms in total. The maximum atomic E-state index is 1.67. The van der Waals surface area contributed by atoms with Crippen molar-refractivity contribution in [2.75, 3.05) is 0 Å². The van der Waals surface area contributed by atoms with E-state index < -0.39 is 0 Å². The molecule has 5 saturated carbocycles. The highest BCUT2D eigenvalue weighted by Crippen LogP contribution is 2.91. The summed E-state index contributed by atoms with van der Waals surface area (Å²) in [4.78, 5) is 0. The van der Waals surface area contributed by atoms with Gasteiger partial charge in [-0.3, -0.25) is 0 Å². The summed E-state index contributed by atoms with van der Waals surface area (Å²) in [7, 11) is 0. The van der Waals surface area contributed by atoms with Crippen LogP contribution in [-0.2, 0) is 0 Å². The Morgan fingerprint density at radius 3 is 2.55 bits per heavy atom. The van der Waals surface area contributed by atoms with E-state index in [0.29, 0.717) is 0 Å². The van der Waals surface area contributed by atoms with E-state index >= 15 is 0 Å². The van der Waals surface area contributed by atoms with E-state index in [0.717, 1.165) is 5.41 Å². The Morgan fingerprint density at radius 2 is 1.82 bits per heavy atom. The fourth-order valence-corrected chi connectivity index (χ4v) is 6.59. The maximum Gasteiger partial charge on any atom is -0.0201 e. The van der Waals surface area contributed by atoms with Crippen LogP contribution >= 0.6 is 0 Å². The third-order valence-electron chi connectivity index (χ3n) is 6.47. The van der Waals surface area contributed by atoms with Gasteiger partial charge in [0.1, 0.15) is 0 Å². The van der Waals surface area contributed by atoms with Gasteiger partial charge in [0.2, 0.25) is 0 Å². The molecule has 7 unspecified atom stereocenters. The first kappa shape index (κ1) is 4.89. The molecule has 0 saturated heterocycles. The second kappa shape index (κ2) is 1.03. The number of hydrogen-bond acceptors (Lipinski definition) is 0. The van der Waals surface area contributed by atoms with Gasteiger partial charge in [-0.1, -0.05) is 0 Å². The molecule has 58 valence electrons. The second-order valence-corrected chi connectivity index (χ2v) is 5.85. The molecule has 0 aromatic carbocycles. The standard InChI is InChI=1S/C11H14/c1-2-11-8-4-9(11)7-3-6(8)5(1)10(7)11/h5-10H,1-4H2. The van der Waals surface area contributed by atoms with Gasteiger partial charge < -0.3 is 0 Å². The minimum absolute atomic E-state index is 1.03. The van der Waals surface area contributed by atoms with Crippen LogP contribution < -0.4 is 0 Å². The van der Waals surface area contributed by atoms with Gasteiger partial charge >= 0.3 is 0 Å². The summed E-state index contributed by atoms with van der Waals surface area (Å²) >= 11 is 0. The molecule has 0 N–H and O–H groups in total. The van der Waals surface area contributed by atoms with Crippen LogP contribution in [0.5, 0.6) is 0 Å². The Kier molecular flexibility index (Phi) is 0.459. The predicted octanol–water partition coefficient (Wildman–Crippen LogP) is 2.30. The van der Waals surface area contributed by atoms with Gasteiger partial charge in [0.25, 0.3) is 0 Å². The first-order chi connectivity index (χ1) is 5.43. The van der Waals surface area contributed by atoms with E-state index in [4.69, 9.17) is 0 Å². The minimum atomic E-state index is 1.03. The predicted molar refractivity (Wildman–Crippen MR) is 41.8 cm³/mol. The Morgan fingerprint density at radius 1 is 0.909 bits per heavy atom. The molecule has 1 spiro atoms. The summed E-state index contributed by atoms with van der Waals surface area (Å²) < 4.78 is 0. The topological polar surface area (TPSA) is 0 Å². The average Bonchev–Trinajstić information content (AvgIpc) is 2.53. The van der Waals surface area contributed by atoms with Crippen molar-refractivity contribution < 1.29 is 0 Å². The number of hydrogen-bond donors (Lipinski definition) is 0.